The molecule has 0 aromatic heterocycles. The predicted octanol–water partition coefficient (Wildman–Crippen LogP) is 3.94. The molecule has 1 aliphatic heterocycles. The third-order valence-electron chi connectivity index (χ3n) is 4.95. The first-order chi connectivity index (χ1) is 12.0. The fourth-order valence-electron chi connectivity index (χ4n) is 3.22. The van der Waals surface area contributed by atoms with Crippen molar-refractivity contribution in [1.29, 1.82) is 0 Å². The van der Waals surface area contributed by atoms with Gasteiger partial charge in [-0.25, -0.2) is 0 Å². The van der Waals surface area contributed by atoms with Gasteiger partial charge < -0.3 is 26.3 Å². The Morgan fingerprint density at radius 3 is 2.52 bits per heavy atom. The maximum atomic E-state index is 6.37. The smallest absolute Gasteiger partial charge is 0.131 e. The molecular weight excluding hydrogens is 314 g/mol. The second-order valence-electron chi connectivity index (χ2n) is 6.78. The average molecular weight is 341 g/mol. The summed E-state index contributed by atoms with van der Waals surface area (Å²) in [5.74, 6) is 2.16. The summed E-state index contributed by atoms with van der Waals surface area (Å²) in [4.78, 5) is 0. The third kappa shape index (κ3) is 3.99. The molecule has 0 saturated carbocycles. The lowest BCUT2D eigenvalue weighted by atomic mass is 9.92. The van der Waals surface area contributed by atoms with E-state index in [9.17, 15) is 0 Å². The van der Waals surface area contributed by atoms with E-state index in [1.165, 1.54) is 6.42 Å². The van der Waals surface area contributed by atoms with Gasteiger partial charge in [0, 0.05) is 18.2 Å². The summed E-state index contributed by atoms with van der Waals surface area (Å²) in [6.45, 7) is 5.40. The Kier molecular flexibility index (Phi) is 5.04. The lowest BCUT2D eigenvalue weighted by Gasteiger charge is -2.35. The van der Waals surface area contributed by atoms with Crippen molar-refractivity contribution in [1.82, 2.24) is 5.32 Å². The molecule has 1 heterocycles. The summed E-state index contributed by atoms with van der Waals surface area (Å²) in [7, 11) is 0. The molecule has 2 atom stereocenters. The molecule has 5 N–H and O–H groups in total. The Morgan fingerprint density at radius 2 is 1.84 bits per heavy atom. The van der Waals surface area contributed by atoms with E-state index in [1.807, 2.05) is 24.3 Å². The molecule has 3 rings (SSSR count). The van der Waals surface area contributed by atoms with Crippen LogP contribution in [0.25, 0.3) is 0 Å². The first kappa shape index (κ1) is 17.4. The van der Waals surface area contributed by atoms with Crippen molar-refractivity contribution >= 4 is 11.4 Å². The van der Waals surface area contributed by atoms with Gasteiger partial charge in [-0.3, -0.25) is 0 Å². The lowest BCUT2D eigenvalue weighted by Crippen LogP contribution is -2.49. The van der Waals surface area contributed by atoms with Crippen molar-refractivity contribution in [2.45, 2.75) is 44.8 Å². The van der Waals surface area contributed by atoms with Crippen LogP contribution in [-0.4, -0.2) is 18.2 Å². The minimum Gasteiger partial charge on any atom is -0.486 e. The molecule has 0 spiro atoms. The Bertz CT molecular complexity index is 729. The molecule has 134 valence electrons. The molecule has 0 amide bonds. The van der Waals surface area contributed by atoms with E-state index in [0.29, 0.717) is 28.9 Å². The Labute approximate surface area is 149 Å². The molecule has 1 aliphatic rings. The largest absolute Gasteiger partial charge is 0.486 e. The van der Waals surface area contributed by atoms with Crippen LogP contribution in [0, 0.1) is 0 Å². The second-order valence-corrected chi connectivity index (χ2v) is 6.78. The standard InChI is InChI=1S/C20H27N3O2/c1-3-20(2,19-8-5-11-23-19)25-16-7-4-6-14(12-16)24-15-9-10-17(21)18(22)13-15/h4,6-7,9-10,12-13,19,23H,3,5,8,11,21-22H2,1-2H3. The number of anilines is 2. The maximum Gasteiger partial charge on any atom is 0.131 e. The molecule has 0 radical (unpaired) electrons. The van der Waals surface area contributed by atoms with Gasteiger partial charge in [0.25, 0.3) is 0 Å². The zero-order chi connectivity index (χ0) is 17.9. The van der Waals surface area contributed by atoms with Gasteiger partial charge in [-0.2, -0.15) is 0 Å². The second kappa shape index (κ2) is 7.23. The van der Waals surface area contributed by atoms with Crippen molar-refractivity contribution in [3.8, 4) is 17.2 Å². The third-order valence-corrected chi connectivity index (χ3v) is 4.95. The van der Waals surface area contributed by atoms with E-state index >= 15 is 0 Å². The van der Waals surface area contributed by atoms with Gasteiger partial charge in [0.15, 0.2) is 0 Å². The number of hydrogen-bond donors (Lipinski definition) is 3. The van der Waals surface area contributed by atoms with Crippen LogP contribution in [0.1, 0.15) is 33.1 Å². The Hall–Kier alpha value is -2.40. The molecule has 2 unspecified atom stereocenters. The van der Waals surface area contributed by atoms with E-state index in [0.717, 1.165) is 25.1 Å². The van der Waals surface area contributed by atoms with Crippen molar-refractivity contribution < 1.29 is 9.47 Å². The summed E-state index contributed by atoms with van der Waals surface area (Å²) in [6.07, 6.45) is 3.28. The van der Waals surface area contributed by atoms with Crippen LogP contribution >= 0.6 is 0 Å². The van der Waals surface area contributed by atoms with Gasteiger partial charge in [0.2, 0.25) is 0 Å². The van der Waals surface area contributed by atoms with Crippen LogP contribution in [-0.2, 0) is 0 Å². The highest BCUT2D eigenvalue weighted by Crippen LogP contribution is 2.32. The molecule has 0 bridgehead atoms. The summed E-state index contributed by atoms with van der Waals surface area (Å²) >= 11 is 0. The number of nitrogen functional groups attached to an aromatic ring is 2. The highest BCUT2D eigenvalue weighted by atomic mass is 16.5. The van der Waals surface area contributed by atoms with Crippen LogP contribution in [0.5, 0.6) is 17.2 Å². The normalized spacial score (nSPS) is 19.4. The molecule has 1 saturated heterocycles. The summed E-state index contributed by atoms with van der Waals surface area (Å²) in [5.41, 5.74) is 12.4. The summed E-state index contributed by atoms with van der Waals surface area (Å²) in [6, 6.07) is 13.4. The van der Waals surface area contributed by atoms with Crippen molar-refractivity contribution in [3.05, 3.63) is 42.5 Å². The highest BCUT2D eigenvalue weighted by Gasteiger charge is 2.36. The van der Waals surface area contributed by atoms with Crippen molar-refractivity contribution in [3.63, 3.8) is 0 Å². The number of nitrogens with one attached hydrogen (secondary N) is 1. The minimum absolute atomic E-state index is 0.235. The van der Waals surface area contributed by atoms with Gasteiger partial charge >= 0.3 is 0 Å². The van der Waals surface area contributed by atoms with Gasteiger partial charge in [-0.1, -0.05) is 13.0 Å². The highest BCUT2D eigenvalue weighted by molar-refractivity contribution is 5.65. The number of nitrogens with two attached hydrogens (primary N) is 2. The van der Waals surface area contributed by atoms with Gasteiger partial charge in [0.1, 0.15) is 22.8 Å². The Balaban J connectivity index is 1.75. The number of hydrogen-bond acceptors (Lipinski definition) is 5. The molecule has 2 aromatic carbocycles. The molecule has 5 heteroatoms. The first-order valence-electron chi connectivity index (χ1n) is 8.85. The zero-order valence-electron chi connectivity index (χ0n) is 14.9. The monoisotopic (exact) mass is 341 g/mol. The topological polar surface area (TPSA) is 82.5 Å². The van der Waals surface area contributed by atoms with E-state index in [1.54, 1.807) is 18.2 Å². The summed E-state index contributed by atoms with van der Waals surface area (Å²) < 4.78 is 12.3. The number of benzene rings is 2. The fourth-order valence-corrected chi connectivity index (χ4v) is 3.22. The molecule has 2 aromatic rings. The molecule has 25 heavy (non-hydrogen) atoms. The first-order valence-corrected chi connectivity index (χ1v) is 8.85. The SMILES string of the molecule is CCC(C)(Oc1cccc(Oc2ccc(N)c(N)c2)c1)C1CCCN1. The van der Waals surface area contributed by atoms with E-state index < -0.39 is 0 Å². The predicted molar refractivity (Wildman–Crippen MR) is 102 cm³/mol. The number of ether oxygens (including phenoxy) is 2. The average Bonchev–Trinajstić information content (AvgIpc) is 3.14. The molecule has 5 nitrogen and oxygen atoms in total. The van der Waals surface area contributed by atoms with Crippen LogP contribution in [0.2, 0.25) is 0 Å². The minimum atomic E-state index is -0.235. The molecular formula is C20H27N3O2. The van der Waals surface area contributed by atoms with Gasteiger partial charge in [0.05, 0.1) is 11.4 Å². The fraction of sp³-hybridized carbons (Fsp3) is 0.400. The Morgan fingerprint density at radius 1 is 1.08 bits per heavy atom. The van der Waals surface area contributed by atoms with E-state index in [4.69, 9.17) is 20.9 Å². The van der Waals surface area contributed by atoms with Crippen LogP contribution < -0.4 is 26.3 Å². The van der Waals surface area contributed by atoms with E-state index in [2.05, 4.69) is 19.2 Å². The van der Waals surface area contributed by atoms with Crippen LogP contribution in [0.4, 0.5) is 11.4 Å². The maximum absolute atomic E-state index is 6.37. The number of rotatable bonds is 6. The van der Waals surface area contributed by atoms with E-state index in [-0.39, 0.29) is 5.60 Å². The van der Waals surface area contributed by atoms with Crippen LogP contribution in [0.15, 0.2) is 42.5 Å². The van der Waals surface area contributed by atoms with Crippen molar-refractivity contribution in [2.75, 3.05) is 18.0 Å². The molecule has 1 fully saturated rings. The van der Waals surface area contributed by atoms with Gasteiger partial charge in [-0.15, -0.1) is 0 Å². The zero-order valence-corrected chi connectivity index (χ0v) is 14.9. The lowest BCUT2D eigenvalue weighted by molar-refractivity contribution is 0.0487. The van der Waals surface area contributed by atoms with Crippen LogP contribution in [0.3, 0.4) is 0 Å². The quantitative estimate of drug-likeness (QED) is 0.693. The van der Waals surface area contributed by atoms with Crippen molar-refractivity contribution in [2.24, 2.45) is 0 Å². The summed E-state index contributed by atoms with van der Waals surface area (Å²) in [5, 5.41) is 3.55. The molecule has 0 aliphatic carbocycles. The van der Waals surface area contributed by atoms with Gasteiger partial charge in [-0.05, 0) is 57.0 Å².